The number of carbonyl (C=O) groups is 2. The highest BCUT2D eigenvalue weighted by Gasteiger charge is 2.33. The molecule has 0 radical (unpaired) electrons. The molecule has 1 saturated heterocycles. The van der Waals surface area contributed by atoms with Gasteiger partial charge in [-0.25, -0.2) is 0 Å². The Morgan fingerprint density at radius 3 is 2.50 bits per heavy atom. The van der Waals surface area contributed by atoms with E-state index in [4.69, 9.17) is 4.74 Å². The molecule has 1 atom stereocenters. The van der Waals surface area contributed by atoms with Gasteiger partial charge in [0, 0.05) is 12.1 Å². The van der Waals surface area contributed by atoms with Crippen molar-refractivity contribution in [2.75, 3.05) is 11.5 Å². The van der Waals surface area contributed by atoms with Gasteiger partial charge in [-0.05, 0) is 36.6 Å². The Morgan fingerprint density at radius 2 is 1.83 bits per heavy atom. The molecule has 3 rings (SSSR count). The molecular formula is C20H21NO3. The Kier molecular flexibility index (Phi) is 4.94. The molecule has 0 aliphatic carbocycles. The van der Waals surface area contributed by atoms with E-state index < -0.39 is 0 Å². The summed E-state index contributed by atoms with van der Waals surface area (Å²) in [5.74, 6) is -0.0911. The van der Waals surface area contributed by atoms with E-state index in [2.05, 4.69) is 12.1 Å². The van der Waals surface area contributed by atoms with Crippen molar-refractivity contribution in [2.24, 2.45) is 0 Å². The highest BCUT2D eigenvalue weighted by Crippen LogP contribution is 2.36. The minimum atomic E-state index is -0.232. The lowest BCUT2D eigenvalue weighted by molar-refractivity contribution is -0.142. The number of esters is 1. The summed E-state index contributed by atoms with van der Waals surface area (Å²) in [6.45, 7) is 2.18. The molecular weight excluding hydrogens is 302 g/mol. The molecule has 1 aliphatic rings. The van der Waals surface area contributed by atoms with E-state index in [1.165, 1.54) is 0 Å². The maximum Gasteiger partial charge on any atom is 0.310 e. The number of benzene rings is 2. The van der Waals surface area contributed by atoms with E-state index in [1.807, 2.05) is 47.4 Å². The lowest BCUT2D eigenvalue weighted by Gasteiger charge is -2.25. The number of carbonyl (C=O) groups excluding carboxylic acids is 2. The first kappa shape index (κ1) is 16.2. The number of hydrogen-bond acceptors (Lipinski definition) is 3. The SMILES string of the molecule is CCOC(=O)Cc1ccc(N2C(=O)CCC2c2ccccc2)cc1. The average Bonchev–Trinajstić information content (AvgIpc) is 2.98. The topological polar surface area (TPSA) is 46.6 Å². The summed E-state index contributed by atoms with van der Waals surface area (Å²) in [5.41, 5.74) is 2.91. The Balaban J connectivity index is 1.79. The van der Waals surface area contributed by atoms with Gasteiger partial charge in [-0.2, -0.15) is 0 Å². The second-order valence-corrected chi connectivity index (χ2v) is 5.88. The van der Waals surface area contributed by atoms with Gasteiger partial charge < -0.3 is 9.64 Å². The van der Waals surface area contributed by atoms with Crippen molar-refractivity contribution >= 4 is 17.6 Å². The van der Waals surface area contributed by atoms with Gasteiger partial charge >= 0.3 is 5.97 Å². The first-order chi connectivity index (χ1) is 11.7. The van der Waals surface area contributed by atoms with E-state index in [9.17, 15) is 9.59 Å². The molecule has 124 valence electrons. The van der Waals surface area contributed by atoms with Crippen molar-refractivity contribution < 1.29 is 14.3 Å². The summed E-state index contributed by atoms with van der Waals surface area (Å²) in [7, 11) is 0. The van der Waals surface area contributed by atoms with Crippen molar-refractivity contribution in [3.05, 3.63) is 65.7 Å². The van der Waals surface area contributed by atoms with Gasteiger partial charge in [0.15, 0.2) is 0 Å². The smallest absolute Gasteiger partial charge is 0.310 e. The van der Waals surface area contributed by atoms with Gasteiger partial charge in [0.1, 0.15) is 0 Å². The van der Waals surface area contributed by atoms with Gasteiger partial charge in [-0.1, -0.05) is 42.5 Å². The molecule has 1 heterocycles. The van der Waals surface area contributed by atoms with Crippen LogP contribution in [0.3, 0.4) is 0 Å². The zero-order chi connectivity index (χ0) is 16.9. The number of rotatable bonds is 5. The van der Waals surface area contributed by atoms with Crippen molar-refractivity contribution in [3.63, 3.8) is 0 Å². The first-order valence-corrected chi connectivity index (χ1v) is 8.30. The minimum Gasteiger partial charge on any atom is -0.466 e. The van der Waals surface area contributed by atoms with Crippen LogP contribution in [0.5, 0.6) is 0 Å². The molecule has 1 aliphatic heterocycles. The third kappa shape index (κ3) is 3.48. The second kappa shape index (κ2) is 7.30. The molecule has 4 nitrogen and oxygen atoms in total. The fourth-order valence-electron chi connectivity index (χ4n) is 3.15. The molecule has 0 bridgehead atoms. The molecule has 0 spiro atoms. The Labute approximate surface area is 142 Å². The summed E-state index contributed by atoms with van der Waals surface area (Å²) in [5, 5.41) is 0. The predicted octanol–water partition coefficient (Wildman–Crippen LogP) is 3.66. The normalized spacial score (nSPS) is 17.1. The summed E-state index contributed by atoms with van der Waals surface area (Å²) in [6.07, 6.45) is 1.64. The number of nitrogens with zero attached hydrogens (tertiary/aromatic N) is 1. The summed E-state index contributed by atoms with van der Waals surface area (Å²) in [6, 6.07) is 17.8. The van der Waals surface area contributed by atoms with Crippen LogP contribution in [0.2, 0.25) is 0 Å². The molecule has 1 fully saturated rings. The van der Waals surface area contributed by atoms with Crippen LogP contribution >= 0.6 is 0 Å². The molecule has 2 aromatic rings. The Morgan fingerprint density at radius 1 is 1.12 bits per heavy atom. The van der Waals surface area contributed by atoms with Crippen molar-refractivity contribution in [2.45, 2.75) is 32.2 Å². The molecule has 1 amide bonds. The highest BCUT2D eigenvalue weighted by atomic mass is 16.5. The van der Waals surface area contributed by atoms with E-state index in [0.717, 1.165) is 23.2 Å². The third-order valence-electron chi connectivity index (χ3n) is 4.26. The molecule has 4 heteroatoms. The fraction of sp³-hybridized carbons (Fsp3) is 0.300. The van der Waals surface area contributed by atoms with Gasteiger partial charge in [0.05, 0.1) is 19.1 Å². The predicted molar refractivity (Wildman–Crippen MR) is 92.7 cm³/mol. The average molecular weight is 323 g/mol. The van der Waals surface area contributed by atoms with E-state index in [1.54, 1.807) is 6.92 Å². The Hall–Kier alpha value is -2.62. The Bertz CT molecular complexity index is 709. The van der Waals surface area contributed by atoms with Gasteiger partial charge in [-0.3, -0.25) is 9.59 Å². The van der Waals surface area contributed by atoms with Gasteiger partial charge in [0.25, 0.3) is 0 Å². The van der Waals surface area contributed by atoms with Crippen LogP contribution in [0, 0.1) is 0 Å². The number of anilines is 1. The monoisotopic (exact) mass is 323 g/mol. The number of ether oxygens (including phenoxy) is 1. The minimum absolute atomic E-state index is 0.0783. The molecule has 0 N–H and O–H groups in total. The zero-order valence-electron chi connectivity index (χ0n) is 13.8. The van der Waals surface area contributed by atoms with Crippen LogP contribution in [0.4, 0.5) is 5.69 Å². The highest BCUT2D eigenvalue weighted by molar-refractivity contribution is 5.96. The van der Waals surface area contributed by atoms with E-state index in [0.29, 0.717) is 13.0 Å². The van der Waals surface area contributed by atoms with Crippen LogP contribution in [0.25, 0.3) is 0 Å². The summed E-state index contributed by atoms with van der Waals surface area (Å²) < 4.78 is 4.96. The molecule has 24 heavy (non-hydrogen) atoms. The molecule has 0 saturated carbocycles. The quantitative estimate of drug-likeness (QED) is 0.789. The van der Waals surface area contributed by atoms with Crippen LogP contribution in [0.15, 0.2) is 54.6 Å². The molecule has 0 aromatic heterocycles. The van der Waals surface area contributed by atoms with Crippen LogP contribution in [-0.2, 0) is 20.7 Å². The third-order valence-corrected chi connectivity index (χ3v) is 4.26. The lowest BCUT2D eigenvalue weighted by Crippen LogP contribution is -2.27. The van der Waals surface area contributed by atoms with Gasteiger partial charge in [0.2, 0.25) is 5.91 Å². The number of hydrogen-bond donors (Lipinski definition) is 0. The first-order valence-electron chi connectivity index (χ1n) is 8.30. The number of amides is 1. The van der Waals surface area contributed by atoms with Crippen LogP contribution < -0.4 is 4.90 Å². The maximum atomic E-state index is 12.4. The fourth-order valence-corrected chi connectivity index (χ4v) is 3.15. The second-order valence-electron chi connectivity index (χ2n) is 5.88. The van der Waals surface area contributed by atoms with Gasteiger partial charge in [-0.15, -0.1) is 0 Å². The van der Waals surface area contributed by atoms with Crippen molar-refractivity contribution in [1.29, 1.82) is 0 Å². The largest absolute Gasteiger partial charge is 0.466 e. The van der Waals surface area contributed by atoms with E-state index in [-0.39, 0.29) is 24.3 Å². The van der Waals surface area contributed by atoms with E-state index >= 15 is 0 Å². The van der Waals surface area contributed by atoms with Crippen LogP contribution in [0.1, 0.15) is 36.9 Å². The zero-order valence-corrected chi connectivity index (χ0v) is 13.8. The summed E-state index contributed by atoms with van der Waals surface area (Å²) >= 11 is 0. The lowest BCUT2D eigenvalue weighted by atomic mass is 10.0. The van der Waals surface area contributed by atoms with Crippen molar-refractivity contribution in [1.82, 2.24) is 0 Å². The standard InChI is InChI=1S/C20H21NO3/c1-2-24-20(23)14-15-8-10-17(11-9-15)21-18(12-13-19(21)22)16-6-4-3-5-7-16/h3-11,18H,2,12-14H2,1H3. The van der Waals surface area contributed by atoms with Crippen molar-refractivity contribution in [3.8, 4) is 0 Å². The summed E-state index contributed by atoms with van der Waals surface area (Å²) in [4.78, 5) is 25.8. The maximum absolute atomic E-state index is 12.4. The molecule has 2 aromatic carbocycles. The molecule has 1 unspecified atom stereocenters. The van der Waals surface area contributed by atoms with Crippen LogP contribution in [-0.4, -0.2) is 18.5 Å².